The van der Waals surface area contributed by atoms with E-state index < -0.39 is 37.2 Å². The van der Waals surface area contributed by atoms with Crippen LogP contribution in [0, 0.1) is 0 Å². The van der Waals surface area contributed by atoms with E-state index in [4.69, 9.17) is 0 Å². The summed E-state index contributed by atoms with van der Waals surface area (Å²) < 4.78 is 55.7. The highest BCUT2D eigenvalue weighted by atomic mass is 19.3. The third-order valence-corrected chi connectivity index (χ3v) is 8.29. The van der Waals surface area contributed by atoms with Crippen LogP contribution in [0.25, 0.3) is 16.9 Å². The van der Waals surface area contributed by atoms with Crippen molar-refractivity contribution in [3.05, 3.63) is 59.8 Å². The summed E-state index contributed by atoms with van der Waals surface area (Å²) >= 11 is 0. The maximum atomic E-state index is 13.8. The molecule has 3 N–H and O–H groups in total. The van der Waals surface area contributed by atoms with E-state index in [1.807, 2.05) is 13.0 Å². The van der Waals surface area contributed by atoms with Gasteiger partial charge >= 0.3 is 0 Å². The molecule has 2 aliphatic heterocycles. The maximum absolute atomic E-state index is 13.8. The molecule has 12 nitrogen and oxygen atoms in total. The van der Waals surface area contributed by atoms with Gasteiger partial charge in [0.05, 0.1) is 24.0 Å². The van der Waals surface area contributed by atoms with Gasteiger partial charge in [-0.25, -0.2) is 27.5 Å². The SMILES string of the molecule is CCc1cc(Nc2nccn3c(-c4cn(CC(F)F)nc4C(F)F)cnc23)ccc1C(=O)N1CCN(C(=O)[C@@H]2C[C@@H](O)CN2)CC1. The minimum Gasteiger partial charge on any atom is -0.392 e. The zero-order valence-electron chi connectivity index (χ0n) is 24.9. The van der Waals surface area contributed by atoms with Crippen LogP contribution in [0.3, 0.4) is 0 Å². The highest BCUT2D eigenvalue weighted by molar-refractivity contribution is 5.96. The van der Waals surface area contributed by atoms with Crippen molar-refractivity contribution >= 4 is 29.0 Å². The van der Waals surface area contributed by atoms with Crippen molar-refractivity contribution < 1.29 is 32.3 Å². The second-order valence-electron chi connectivity index (χ2n) is 11.3. The van der Waals surface area contributed by atoms with Crippen LogP contribution < -0.4 is 10.6 Å². The van der Waals surface area contributed by atoms with Crippen molar-refractivity contribution in [2.45, 2.75) is 51.3 Å². The van der Waals surface area contributed by atoms with Crippen molar-refractivity contribution in [1.29, 1.82) is 0 Å². The predicted octanol–water partition coefficient (Wildman–Crippen LogP) is 3.11. The van der Waals surface area contributed by atoms with Crippen LogP contribution in [0.5, 0.6) is 0 Å². The summed E-state index contributed by atoms with van der Waals surface area (Å²) in [4.78, 5) is 38.5. The van der Waals surface area contributed by atoms with Gasteiger partial charge in [-0.15, -0.1) is 0 Å². The number of halogens is 4. The minimum atomic E-state index is -2.98. The Hall–Kier alpha value is -4.57. The molecule has 0 radical (unpaired) electrons. The fourth-order valence-electron chi connectivity index (χ4n) is 5.97. The number of aliphatic hydroxyl groups is 1. The van der Waals surface area contributed by atoms with E-state index in [0.717, 1.165) is 16.4 Å². The summed E-state index contributed by atoms with van der Waals surface area (Å²) in [5.41, 5.74) is 1.87. The third kappa shape index (κ3) is 6.26. The molecule has 0 bridgehead atoms. The van der Waals surface area contributed by atoms with Crippen molar-refractivity contribution in [3.8, 4) is 11.3 Å². The van der Waals surface area contributed by atoms with Gasteiger partial charge in [0.2, 0.25) is 5.91 Å². The number of nitrogens with zero attached hydrogens (tertiary/aromatic N) is 7. The highest BCUT2D eigenvalue weighted by Crippen LogP contribution is 2.32. The second-order valence-corrected chi connectivity index (χ2v) is 11.3. The summed E-state index contributed by atoms with van der Waals surface area (Å²) in [6.45, 7) is 3.12. The number of hydrogen-bond acceptors (Lipinski definition) is 8. The van der Waals surface area contributed by atoms with Gasteiger partial charge in [0.25, 0.3) is 18.8 Å². The number of aliphatic hydroxyl groups excluding tert-OH is 1. The van der Waals surface area contributed by atoms with E-state index in [-0.39, 0.29) is 23.1 Å². The van der Waals surface area contributed by atoms with Gasteiger partial charge < -0.3 is 25.5 Å². The zero-order valence-corrected chi connectivity index (χ0v) is 24.9. The molecule has 2 saturated heterocycles. The Kier molecular flexibility index (Phi) is 8.90. The van der Waals surface area contributed by atoms with E-state index in [2.05, 4.69) is 25.7 Å². The van der Waals surface area contributed by atoms with E-state index in [1.165, 1.54) is 23.0 Å². The molecule has 0 spiro atoms. The van der Waals surface area contributed by atoms with E-state index in [0.29, 0.717) is 68.3 Å². The number of piperazine rings is 1. The monoisotopic (exact) mass is 643 g/mol. The van der Waals surface area contributed by atoms with E-state index in [1.54, 1.807) is 21.9 Å². The highest BCUT2D eigenvalue weighted by Gasteiger charge is 2.34. The van der Waals surface area contributed by atoms with Crippen LogP contribution >= 0.6 is 0 Å². The first-order chi connectivity index (χ1) is 22.1. The number of alkyl halides is 4. The topological polar surface area (TPSA) is 133 Å². The van der Waals surface area contributed by atoms with Gasteiger partial charge in [0.1, 0.15) is 12.2 Å². The van der Waals surface area contributed by atoms with Gasteiger partial charge in [-0.1, -0.05) is 6.92 Å². The molecule has 2 amide bonds. The summed E-state index contributed by atoms with van der Waals surface area (Å²) in [7, 11) is 0. The van der Waals surface area contributed by atoms with Gasteiger partial charge in [0.15, 0.2) is 11.5 Å². The lowest BCUT2D eigenvalue weighted by Crippen LogP contribution is -2.54. The van der Waals surface area contributed by atoms with Crippen molar-refractivity contribution in [2.24, 2.45) is 0 Å². The van der Waals surface area contributed by atoms with Gasteiger partial charge in [-0.2, -0.15) is 5.10 Å². The summed E-state index contributed by atoms with van der Waals surface area (Å²) in [6.07, 6.45) is 0.190. The quantitative estimate of drug-likeness (QED) is 0.237. The number of fused-ring (bicyclic) bond motifs is 1. The minimum absolute atomic E-state index is 0.0179. The standard InChI is InChI=1S/C30H33F4N9O3/c1-2-17-11-18(3-4-20(17)29(45)40-7-9-41(10-8-40)30(46)22-12-19(44)13-36-22)38-27-28-37-14-23(43(28)6-5-35-27)21-15-42(16-24(31)32)39-25(21)26(33)34/h3-6,11,14-15,19,22,24,26,36,44H,2,7-10,12-13,16H2,1H3,(H,35,38)/t19-,22+/m1/s1. The van der Waals surface area contributed by atoms with Crippen LogP contribution in [0.4, 0.5) is 29.1 Å². The fraction of sp³-hybridized carbons (Fsp3) is 0.433. The van der Waals surface area contributed by atoms with Crippen LogP contribution in [0.15, 0.2) is 43.0 Å². The number of aromatic nitrogens is 5. The molecule has 3 aromatic heterocycles. The van der Waals surface area contributed by atoms with Crippen LogP contribution in [0.2, 0.25) is 0 Å². The van der Waals surface area contributed by atoms with Gasteiger partial charge in [0, 0.05) is 68.1 Å². The molecule has 0 aliphatic carbocycles. The smallest absolute Gasteiger partial charge is 0.282 e. The lowest BCUT2D eigenvalue weighted by atomic mass is 10.0. The first-order valence-corrected chi connectivity index (χ1v) is 15.0. The number of amides is 2. The Morgan fingerprint density at radius 2 is 1.87 bits per heavy atom. The molecule has 1 aromatic carbocycles. The molecule has 2 aliphatic rings. The lowest BCUT2D eigenvalue weighted by molar-refractivity contribution is -0.134. The first kappa shape index (κ1) is 31.4. The number of carbonyl (C=O) groups excluding carboxylic acids is 2. The summed E-state index contributed by atoms with van der Waals surface area (Å²) in [6, 6.07) is 4.91. The van der Waals surface area contributed by atoms with E-state index in [9.17, 15) is 32.3 Å². The molecule has 16 heteroatoms. The Bertz CT molecular complexity index is 1740. The predicted molar refractivity (Wildman–Crippen MR) is 159 cm³/mol. The third-order valence-electron chi connectivity index (χ3n) is 8.29. The Morgan fingerprint density at radius 1 is 1.11 bits per heavy atom. The Morgan fingerprint density at radius 3 is 2.54 bits per heavy atom. The van der Waals surface area contributed by atoms with Crippen LogP contribution in [0.1, 0.15) is 41.4 Å². The van der Waals surface area contributed by atoms with Crippen LogP contribution in [-0.4, -0.2) is 102 Å². The normalized spacial score (nSPS) is 18.7. The fourth-order valence-corrected chi connectivity index (χ4v) is 5.97. The van der Waals surface area contributed by atoms with E-state index >= 15 is 0 Å². The second kappa shape index (κ2) is 13.0. The molecular formula is C30H33F4N9O3. The maximum Gasteiger partial charge on any atom is 0.282 e. The number of anilines is 2. The number of rotatable bonds is 9. The van der Waals surface area contributed by atoms with Crippen LogP contribution in [-0.2, 0) is 17.8 Å². The van der Waals surface area contributed by atoms with Crippen molar-refractivity contribution in [3.63, 3.8) is 0 Å². The number of aryl methyl sites for hydroxylation is 1. The number of imidazole rings is 1. The molecule has 2 fully saturated rings. The lowest BCUT2D eigenvalue weighted by Gasteiger charge is -2.36. The molecule has 6 rings (SSSR count). The number of hydrogen-bond donors (Lipinski definition) is 3. The molecule has 0 unspecified atom stereocenters. The average Bonchev–Trinajstić information content (AvgIpc) is 3.79. The van der Waals surface area contributed by atoms with Crippen molar-refractivity contribution in [2.75, 3.05) is 38.0 Å². The van der Waals surface area contributed by atoms with Gasteiger partial charge in [-0.3, -0.25) is 18.7 Å². The molecule has 5 heterocycles. The molecule has 0 saturated carbocycles. The van der Waals surface area contributed by atoms with Crippen molar-refractivity contribution in [1.82, 2.24) is 39.3 Å². The number of carbonyl (C=O) groups is 2. The Labute approximate surface area is 261 Å². The number of benzene rings is 1. The molecule has 4 aromatic rings. The molecule has 2 atom stereocenters. The number of β-amino-alcohol motifs (C(OH)–C–C–N with tert-alkyl or cyclic N) is 1. The largest absolute Gasteiger partial charge is 0.392 e. The van der Waals surface area contributed by atoms with Gasteiger partial charge in [-0.05, 0) is 36.6 Å². The summed E-state index contributed by atoms with van der Waals surface area (Å²) in [5, 5.41) is 19.6. The Balaban J connectivity index is 1.18. The number of nitrogens with one attached hydrogen (secondary N) is 2. The first-order valence-electron chi connectivity index (χ1n) is 15.0. The molecule has 46 heavy (non-hydrogen) atoms. The average molecular weight is 644 g/mol. The zero-order chi connectivity index (χ0) is 32.5. The molecule has 244 valence electrons. The molecular weight excluding hydrogens is 610 g/mol. The summed E-state index contributed by atoms with van der Waals surface area (Å²) in [5.74, 6) is 0.126.